The van der Waals surface area contributed by atoms with Gasteiger partial charge < -0.3 is 10.2 Å². The van der Waals surface area contributed by atoms with E-state index < -0.39 is 0 Å². The minimum absolute atomic E-state index is 0.208. The molecular formula is C20H25N3S. The lowest BCUT2D eigenvalue weighted by molar-refractivity contribution is 0.314. The van der Waals surface area contributed by atoms with Crippen LogP contribution in [0.25, 0.3) is 0 Å². The highest BCUT2D eigenvalue weighted by molar-refractivity contribution is 7.80. The number of rotatable bonds is 3. The Labute approximate surface area is 150 Å². The molecule has 1 aromatic carbocycles. The first-order valence-corrected chi connectivity index (χ1v) is 9.18. The minimum Gasteiger partial charge on any atom is -0.356 e. The highest BCUT2D eigenvalue weighted by atomic mass is 32.1. The molecule has 1 N–H and O–H groups in total. The number of aromatic nitrogens is 1. The van der Waals surface area contributed by atoms with Crippen LogP contribution in [0.4, 0.5) is 0 Å². The van der Waals surface area contributed by atoms with Crippen molar-refractivity contribution in [2.75, 3.05) is 6.54 Å². The van der Waals surface area contributed by atoms with Crippen LogP contribution in [0.5, 0.6) is 0 Å². The van der Waals surface area contributed by atoms with Crippen molar-refractivity contribution in [3.63, 3.8) is 0 Å². The second kappa shape index (κ2) is 8.25. The molecule has 0 saturated carbocycles. The summed E-state index contributed by atoms with van der Waals surface area (Å²) in [5.74, 6) is 0. The third-order valence-corrected chi connectivity index (χ3v) is 5.10. The smallest absolute Gasteiger partial charge is 0.169 e. The molecule has 1 aliphatic heterocycles. The Morgan fingerprint density at radius 3 is 2.62 bits per heavy atom. The number of benzene rings is 1. The van der Waals surface area contributed by atoms with E-state index in [2.05, 4.69) is 58.5 Å². The SMILES string of the molecule is C[C@@H](NC(=S)N1CCCCC[C@@H]1c1ccncc1)c1ccccc1. The first kappa shape index (κ1) is 16.9. The van der Waals surface area contributed by atoms with Crippen molar-refractivity contribution >= 4 is 17.3 Å². The summed E-state index contributed by atoms with van der Waals surface area (Å²) in [7, 11) is 0. The quantitative estimate of drug-likeness (QED) is 0.825. The average molecular weight is 340 g/mol. The lowest BCUT2D eigenvalue weighted by Gasteiger charge is -2.34. The van der Waals surface area contributed by atoms with Gasteiger partial charge in [-0.25, -0.2) is 0 Å². The maximum absolute atomic E-state index is 5.79. The minimum atomic E-state index is 0.208. The third kappa shape index (κ3) is 4.12. The Morgan fingerprint density at radius 2 is 1.88 bits per heavy atom. The van der Waals surface area contributed by atoms with Gasteiger partial charge in [-0.15, -0.1) is 0 Å². The average Bonchev–Trinajstić information content (AvgIpc) is 2.89. The van der Waals surface area contributed by atoms with Crippen LogP contribution in [-0.2, 0) is 0 Å². The molecule has 24 heavy (non-hydrogen) atoms. The van der Waals surface area contributed by atoms with E-state index in [0.29, 0.717) is 6.04 Å². The lowest BCUT2D eigenvalue weighted by atomic mass is 10.0. The second-order valence-electron chi connectivity index (χ2n) is 6.42. The van der Waals surface area contributed by atoms with E-state index in [0.717, 1.165) is 18.1 Å². The number of hydrogen-bond donors (Lipinski definition) is 1. The van der Waals surface area contributed by atoms with Gasteiger partial charge in [-0.3, -0.25) is 4.98 Å². The van der Waals surface area contributed by atoms with Crippen molar-refractivity contribution in [1.82, 2.24) is 15.2 Å². The molecule has 0 bridgehead atoms. The van der Waals surface area contributed by atoms with Crippen molar-refractivity contribution in [2.24, 2.45) is 0 Å². The van der Waals surface area contributed by atoms with E-state index in [-0.39, 0.29) is 6.04 Å². The molecule has 0 unspecified atom stereocenters. The van der Waals surface area contributed by atoms with Gasteiger partial charge >= 0.3 is 0 Å². The van der Waals surface area contributed by atoms with Gasteiger partial charge in [-0.05, 0) is 55.2 Å². The Balaban J connectivity index is 1.75. The molecule has 1 aromatic heterocycles. The predicted molar refractivity (Wildman–Crippen MR) is 103 cm³/mol. The maximum atomic E-state index is 5.79. The first-order valence-electron chi connectivity index (χ1n) is 8.77. The molecule has 0 aliphatic carbocycles. The second-order valence-corrected chi connectivity index (χ2v) is 6.81. The number of thiocarbonyl (C=S) groups is 1. The monoisotopic (exact) mass is 339 g/mol. The topological polar surface area (TPSA) is 28.2 Å². The van der Waals surface area contributed by atoms with E-state index in [9.17, 15) is 0 Å². The molecule has 1 aliphatic rings. The van der Waals surface area contributed by atoms with Crippen LogP contribution in [0.2, 0.25) is 0 Å². The normalized spacial score (nSPS) is 19.4. The van der Waals surface area contributed by atoms with Crippen LogP contribution in [-0.4, -0.2) is 21.5 Å². The van der Waals surface area contributed by atoms with Crippen LogP contribution < -0.4 is 5.32 Å². The summed E-state index contributed by atoms with van der Waals surface area (Å²) >= 11 is 5.79. The van der Waals surface area contributed by atoms with E-state index in [1.807, 2.05) is 18.5 Å². The predicted octanol–water partition coefficient (Wildman–Crippen LogP) is 4.63. The Morgan fingerprint density at radius 1 is 1.12 bits per heavy atom. The molecule has 0 radical (unpaired) electrons. The number of hydrogen-bond acceptors (Lipinski definition) is 2. The van der Waals surface area contributed by atoms with Gasteiger partial charge in [0, 0.05) is 18.9 Å². The van der Waals surface area contributed by atoms with Crippen LogP contribution in [0.3, 0.4) is 0 Å². The van der Waals surface area contributed by atoms with Crippen LogP contribution in [0, 0.1) is 0 Å². The van der Waals surface area contributed by atoms with Crippen molar-refractivity contribution in [3.05, 3.63) is 66.0 Å². The standard InChI is InChI=1S/C20H25N3S/c1-16(17-8-4-2-5-9-17)22-20(24)23-15-7-3-6-10-19(23)18-11-13-21-14-12-18/h2,4-5,8-9,11-14,16,19H,3,6-7,10,15H2,1H3,(H,22,24)/t16-,19-/m1/s1. The van der Waals surface area contributed by atoms with E-state index in [4.69, 9.17) is 12.2 Å². The summed E-state index contributed by atoms with van der Waals surface area (Å²) in [6.45, 7) is 3.18. The van der Waals surface area contributed by atoms with Gasteiger partial charge in [0.15, 0.2) is 5.11 Å². The zero-order valence-corrected chi connectivity index (χ0v) is 15.0. The summed E-state index contributed by atoms with van der Waals surface area (Å²) < 4.78 is 0. The van der Waals surface area contributed by atoms with Gasteiger partial charge in [0.25, 0.3) is 0 Å². The zero-order chi connectivity index (χ0) is 16.8. The molecular weight excluding hydrogens is 314 g/mol. The molecule has 3 nitrogen and oxygen atoms in total. The summed E-state index contributed by atoms with van der Waals surface area (Å²) in [5, 5.41) is 4.39. The molecule has 2 heterocycles. The summed E-state index contributed by atoms with van der Waals surface area (Å²) in [6, 6.07) is 15.3. The van der Waals surface area contributed by atoms with Crippen LogP contribution in [0.15, 0.2) is 54.9 Å². The van der Waals surface area contributed by atoms with Crippen LogP contribution >= 0.6 is 12.2 Å². The van der Waals surface area contributed by atoms with Crippen molar-refractivity contribution in [3.8, 4) is 0 Å². The molecule has 4 heteroatoms. The number of nitrogens with zero attached hydrogens (tertiary/aromatic N) is 2. The Hall–Kier alpha value is -1.94. The molecule has 1 fully saturated rings. The van der Waals surface area contributed by atoms with Gasteiger partial charge in [-0.1, -0.05) is 43.2 Å². The van der Waals surface area contributed by atoms with Crippen molar-refractivity contribution in [2.45, 2.75) is 44.7 Å². The fraction of sp³-hybridized carbons (Fsp3) is 0.400. The number of pyridine rings is 1. The van der Waals surface area contributed by atoms with E-state index in [1.165, 1.54) is 30.4 Å². The first-order chi connectivity index (χ1) is 11.8. The van der Waals surface area contributed by atoms with Gasteiger partial charge in [0.05, 0.1) is 12.1 Å². The van der Waals surface area contributed by atoms with Crippen molar-refractivity contribution < 1.29 is 0 Å². The third-order valence-electron chi connectivity index (χ3n) is 4.74. The number of likely N-dealkylation sites (tertiary alicyclic amines) is 1. The molecule has 3 rings (SSSR count). The lowest BCUT2D eigenvalue weighted by Crippen LogP contribution is -2.42. The fourth-order valence-corrected chi connectivity index (χ4v) is 3.77. The molecule has 2 atom stereocenters. The van der Waals surface area contributed by atoms with Gasteiger partial charge in [0.1, 0.15) is 0 Å². The van der Waals surface area contributed by atoms with Crippen LogP contribution in [0.1, 0.15) is 55.8 Å². The highest BCUT2D eigenvalue weighted by Gasteiger charge is 2.25. The Bertz CT molecular complexity index is 644. The zero-order valence-electron chi connectivity index (χ0n) is 14.2. The summed E-state index contributed by atoms with van der Waals surface area (Å²) in [4.78, 5) is 6.53. The molecule has 0 amide bonds. The highest BCUT2D eigenvalue weighted by Crippen LogP contribution is 2.30. The number of nitrogens with one attached hydrogen (secondary N) is 1. The molecule has 1 saturated heterocycles. The van der Waals surface area contributed by atoms with Gasteiger partial charge in [-0.2, -0.15) is 0 Å². The Kier molecular flexibility index (Phi) is 5.81. The summed E-state index contributed by atoms with van der Waals surface area (Å²) in [5.41, 5.74) is 2.57. The fourth-order valence-electron chi connectivity index (χ4n) is 3.38. The molecule has 2 aromatic rings. The van der Waals surface area contributed by atoms with Gasteiger partial charge in [0.2, 0.25) is 0 Å². The van der Waals surface area contributed by atoms with E-state index >= 15 is 0 Å². The summed E-state index contributed by atoms with van der Waals surface area (Å²) in [6.07, 6.45) is 8.62. The van der Waals surface area contributed by atoms with Crippen molar-refractivity contribution in [1.29, 1.82) is 0 Å². The molecule has 0 spiro atoms. The van der Waals surface area contributed by atoms with E-state index in [1.54, 1.807) is 0 Å². The maximum Gasteiger partial charge on any atom is 0.169 e. The largest absolute Gasteiger partial charge is 0.356 e. The molecule has 126 valence electrons.